The number of rotatable bonds is 5. The van der Waals surface area contributed by atoms with Crippen molar-refractivity contribution in [1.29, 1.82) is 0 Å². The topological polar surface area (TPSA) is 73.9 Å². The first-order valence-electron chi connectivity index (χ1n) is 7.20. The van der Waals surface area contributed by atoms with Gasteiger partial charge in [-0.05, 0) is 17.7 Å². The predicted molar refractivity (Wildman–Crippen MR) is 86.1 cm³/mol. The number of esters is 1. The van der Waals surface area contributed by atoms with Crippen molar-refractivity contribution in [3.8, 4) is 11.5 Å². The van der Waals surface area contributed by atoms with Crippen LogP contribution in [0.2, 0.25) is 5.02 Å². The first kappa shape index (κ1) is 16.1. The van der Waals surface area contributed by atoms with E-state index in [1.165, 1.54) is 12.1 Å². The third-order valence-electron chi connectivity index (χ3n) is 3.33. The molecule has 0 aromatic heterocycles. The smallest absolute Gasteiger partial charge is 0.338 e. The van der Waals surface area contributed by atoms with Gasteiger partial charge >= 0.3 is 5.97 Å². The molecule has 0 unspecified atom stereocenters. The van der Waals surface area contributed by atoms with E-state index in [-0.39, 0.29) is 29.9 Å². The Morgan fingerprint density at radius 3 is 2.75 bits per heavy atom. The van der Waals surface area contributed by atoms with Gasteiger partial charge in [0, 0.05) is 6.54 Å². The van der Waals surface area contributed by atoms with E-state index in [4.69, 9.17) is 25.8 Å². The number of nitrogens with one attached hydrogen (secondary N) is 1. The quantitative estimate of drug-likeness (QED) is 0.841. The monoisotopic (exact) mass is 347 g/mol. The predicted octanol–water partition coefficient (Wildman–Crippen LogP) is 2.54. The number of amides is 1. The van der Waals surface area contributed by atoms with Crippen molar-refractivity contribution in [2.24, 2.45) is 0 Å². The highest BCUT2D eigenvalue weighted by molar-refractivity contribution is 6.32. The maximum absolute atomic E-state index is 12.0. The molecule has 0 bridgehead atoms. The van der Waals surface area contributed by atoms with E-state index in [1.807, 2.05) is 30.3 Å². The second-order valence-electron chi connectivity index (χ2n) is 5.03. The van der Waals surface area contributed by atoms with Crippen molar-refractivity contribution in [1.82, 2.24) is 5.32 Å². The molecule has 0 saturated carbocycles. The van der Waals surface area contributed by atoms with Crippen molar-refractivity contribution < 1.29 is 23.8 Å². The second kappa shape index (κ2) is 7.23. The lowest BCUT2D eigenvalue weighted by Crippen LogP contribution is -2.28. The highest BCUT2D eigenvalue weighted by Gasteiger charge is 2.21. The summed E-state index contributed by atoms with van der Waals surface area (Å²) in [6, 6.07) is 12.3. The highest BCUT2D eigenvalue weighted by Crippen LogP contribution is 2.39. The molecule has 1 N–H and O–H groups in total. The molecular weight excluding hydrogens is 334 g/mol. The van der Waals surface area contributed by atoms with E-state index >= 15 is 0 Å². The molecule has 0 radical (unpaired) electrons. The summed E-state index contributed by atoms with van der Waals surface area (Å²) in [7, 11) is 0. The Morgan fingerprint density at radius 1 is 1.17 bits per heavy atom. The number of halogens is 1. The summed E-state index contributed by atoms with van der Waals surface area (Å²) in [5.74, 6) is -0.277. The van der Waals surface area contributed by atoms with Crippen molar-refractivity contribution in [2.75, 3.05) is 13.4 Å². The molecule has 1 amide bonds. The van der Waals surface area contributed by atoms with Gasteiger partial charge in [-0.1, -0.05) is 41.9 Å². The van der Waals surface area contributed by atoms with E-state index in [1.54, 1.807) is 0 Å². The van der Waals surface area contributed by atoms with Crippen LogP contribution in [0.15, 0.2) is 42.5 Å². The molecular formula is C17H14ClNO5. The Kier molecular flexibility index (Phi) is 4.86. The Labute approximate surface area is 143 Å². The summed E-state index contributed by atoms with van der Waals surface area (Å²) in [5.41, 5.74) is 1.15. The average Bonchev–Trinajstić information content (AvgIpc) is 3.08. The van der Waals surface area contributed by atoms with Crippen LogP contribution < -0.4 is 14.8 Å². The first-order valence-corrected chi connectivity index (χ1v) is 7.58. The van der Waals surface area contributed by atoms with Gasteiger partial charge in [-0.15, -0.1) is 0 Å². The van der Waals surface area contributed by atoms with Gasteiger partial charge < -0.3 is 19.5 Å². The van der Waals surface area contributed by atoms with E-state index in [0.717, 1.165) is 5.56 Å². The molecule has 2 aromatic carbocycles. The molecule has 0 spiro atoms. The van der Waals surface area contributed by atoms with Gasteiger partial charge in [0.15, 0.2) is 18.1 Å². The van der Waals surface area contributed by atoms with Crippen LogP contribution in [0.4, 0.5) is 0 Å². The molecule has 1 aliphatic heterocycles. The van der Waals surface area contributed by atoms with Crippen LogP contribution in [0.25, 0.3) is 0 Å². The minimum Gasteiger partial charge on any atom is -0.454 e. The molecule has 0 atom stereocenters. The number of hydrogen-bond acceptors (Lipinski definition) is 5. The lowest BCUT2D eigenvalue weighted by molar-refractivity contribution is -0.124. The molecule has 24 heavy (non-hydrogen) atoms. The van der Waals surface area contributed by atoms with E-state index in [9.17, 15) is 9.59 Å². The van der Waals surface area contributed by atoms with Crippen LogP contribution in [0.3, 0.4) is 0 Å². The van der Waals surface area contributed by atoms with Crippen LogP contribution in [0.1, 0.15) is 15.9 Å². The van der Waals surface area contributed by atoms with Gasteiger partial charge in [0.25, 0.3) is 5.91 Å². The Morgan fingerprint density at radius 2 is 1.96 bits per heavy atom. The minimum absolute atomic E-state index is 0.0510. The molecule has 2 aromatic rings. The summed E-state index contributed by atoms with van der Waals surface area (Å²) in [6.45, 7) is 0.0419. The number of hydrogen-bond donors (Lipinski definition) is 1. The number of ether oxygens (including phenoxy) is 3. The largest absolute Gasteiger partial charge is 0.454 e. The summed E-state index contributed by atoms with van der Waals surface area (Å²) in [5, 5.41) is 2.93. The van der Waals surface area contributed by atoms with Gasteiger partial charge in [-0.2, -0.15) is 0 Å². The molecule has 0 fully saturated rings. The SMILES string of the molecule is O=C(COC(=O)c1cc(Cl)c2c(c1)OCO2)NCc1ccccc1. The fraction of sp³-hybridized carbons (Fsp3) is 0.176. The molecule has 1 aliphatic rings. The van der Waals surface area contributed by atoms with E-state index in [0.29, 0.717) is 18.0 Å². The van der Waals surface area contributed by atoms with Gasteiger partial charge in [-0.3, -0.25) is 4.79 Å². The van der Waals surface area contributed by atoms with Crippen LogP contribution in [-0.2, 0) is 16.1 Å². The fourth-order valence-corrected chi connectivity index (χ4v) is 2.41. The zero-order valence-corrected chi connectivity index (χ0v) is 13.3. The summed E-state index contributed by atoms with van der Waals surface area (Å²) >= 11 is 6.01. The van der Waals surface area contributed by atoms with Crippen LogP contribution in [0, 0.1) is 0 Å². The van der Waals surface area contributed by atoms with Crippen molar-refractivity contribution in [3.63, 3.8) is 0 Å². The average molecular weight is 348 g/mol. The number of carbonyl (C=O) groups excluding carboxylic acids is 2. The van der Waals surface area contributed by atoms with E-state index < -0.39 is 5.97 Å². The lowest BCUT2D eigenvalue weighted by atomic mass is 10.2. The summed E-state index contributed by atoms with van der Waals surface area (Å²) in [6.07, 6.45) is 0. The van der Waals surface area contributed by atoms with Crippen LogP contribution in [-0.4, -0.2) is 25.3 Å². The Bertz CT molecular complexity index is 763. The molecule has 7 heteroatoms. The highest BCUT2D eigenvalue weighted by atomic mass is 35.5. The van der Waals surface area contributed by atoms with Gasteiger partial charge in [0.2, 0.25) is 6.79 Å². The van der Waals surface area contributed by atoms with Gasteiger partial charge in [0.05, 0.1) is 10.6 Å². The van der Waals surface area contributed by atoms with Crippen molar-refractivity contribution in [2.45, 2.75) is 6.54 Å². The zero-order chi connectivity index (χ0) is 16.9. The zero-order valence-electron chi connectivity index (χ0n) is 12.6. The lowest BCUT2D eigenvalue weighted by Gasteiger charge is -2.08. The summed E-state index contributed by atoms with van der Waals surface area (Å²) < 4.78 is 15.3. The molecule has 124 valence electrons. The molecule has 6 nitrogen and oxygen atoms in total. The summed E-state index contributed by atoms with van der Waals surface area (Å²) in [4.78, 5) is 23.8. The molecule has 3 rings (SSSR count). The first-order chi connectivity index (χ1) is 11.6. The van der Waals surface area contributed by atoms with Gasteiger partial charge in [0.1, 0.15) is 0 Å². The molecule has 0 saturated heterocycles. The van der Waals surface area contributed by atoms with Crippen molar-refractivity contribution in [3.05, 3.63) is 58.6 Å². The molecule has 1 heterocycles. The second-order valence-corrected chi connectivity index (χ2v) is 5.44. The van der Waals surface area contributed by atoms with E-state index in [2.05, 4.69) is 5.32 Å². The Balaban J connectivity index is 1.52. The number of carbonyl (C=O) groups is 2. The fourth-order valence-electron chi connectivity index (χ4n) is 2.15. The molecule has 0 aliphatic carbocycles. The number of benzene rings is 2. The maximum Gasteiger partial charge on any atom is 0.338 e. The Hall–Kier alpha value is -2.73. The standard InChI is InChI=1S/C17H14ClNO5/c18-13-6-12(7-14-16(13)24-10-23-14)17(21)22-9-15(20)19-8-11-4-2-1-3-5-11/h1-7H,8-10H2,(H,19,20). The third kappa shape index (κ3) is 3.78. The van der Waals surface area contributed by atoms with Gasteiger partial charge in [-0.25, -0.2) is 4.79 Å². The number of fused-ring (bicyclic) bond motifs is 1. The van der Waals surface area contributed by atoms with Crippen molar-refractivity contribution >= 4 is 23.5 Å². The van der Waals surface area contributed by atoms with Crippen LogP contribution >= 0.6 is 11.6 Å². The third-order valence-corrected chi connectivity index (χ3v) is 3.61. The van der Waals surface area contributed by atoms with Crippen LogP contribution in [0.5, 0.6) is 11.5 Å². The minimum atomic E-state index is -0.662. The maximum atomic E-state index is 12.0. The normalized spacial score (nSPS) is 11.9.